The topological polar surface area (TPSA) is 47.0 Å². The van der Waals surface area contributed by atoms with Crippen molar-refractivity contribution in [1.29, 1.82) is 0 Å². The molecule has 0 amide bonds. The lowest BCUT2D eigenvalue weighted by molar-refractivity contribution is 0.415. The first-order valence-corrected chi connectivity index (χ1v) is 8.65. The SMILES string of the molecule is COc1ccc(Nc2nnc(SCc3ccc(F)cc3)s2)cc1. The second-order valence-electron chi connectivity index (χ2n) is 4.64. The van der Waals surface area contributed by atoms with Gasteiger partial charge in [-0.05, 0) is 42.0 Å². The van der Waals surface area contributed by atoms with Crippen molar-refractivity contribution in [3.05, 3.63) is 59.9 Å². The lowest BCUT2D eigenvalue weighted by atomic mass is 10.2. The van der Waals surface area contributed by atoms with Gasteiger partial charge in [-0.1, -0.05) is 35.2 Å². The summed E-state index contributed by atoms with van der Waals surface area (Å²) >= 11 is 3.06. The standard InChI is InChI=1S/C16H14FN3OS2/c1-21-14-8-6-13(7-9-14)18-15-19-20-16(23-15)22-10-11-2-4-12(17)5-3-11/h2-9H,10H2,1H3,(H,18,19). The van der Waals surface area contributed by atoms with E-state index >= 15 is 0 Å². The molecule has 0 spiro atoms. The third-order valence-electron chi connectivity index (χ3n) is 3.02. The summed E-state index contributed by atoms with van der Waals surface area (Å²) < 4.78 is 18.9. The van der Waals surface area contributed by atoms with Crippen molar-refractivity contribution in [2.24, 2.45) is 0 Å². The van der Waals surface area contributed by atoms with E-state index in [-0.39, 0.29) is 5.82 Å². The average Bonchev–Trinajstić information content (AvgIpc) is 3.02. The summed E-state index contributed by atoms with van der Waals surface area (Å²) in [4.78, 5) is 0. The number of halogens is 1. The molecule has 4 nitrogen and oxygen atoms in total. The number of rotatable bonds is 6. The number of thioether (sulfide) groups is 1. The second-order valence-corrected chi connectivity index (χ2v) is 6.84. The lowest BCUT2D eigenvalue weighted by Crippen LogP contribution is -1.89. The van der Waals surface area contributed by atoms with Crippen molar-refractivity contribution in [3.63, 3.8) is 0 Å². The van der Waals surface area contributed by atoms with Crippen molar-refractivity contribution in [2.75, 3.05) is 12.4 Å². The smallest absolute Gasteiger partial charge is 0.210 e. The zero-order valence-corrected chi connectivity index (χ0v) is 14.0. The van der Waals surface area contributed by atoms with E-state index in [0.717, 1.165) is 32.2 Å². The molecule has 118 valence electrons. The third-order valence-corrected chi connectivity index (χ3v) is 5.07. The molecule has 1 N–H and O–H groups in total. The van der Waals surface area contributed by atoms with Gasteiger partial charge < -0.3 is 10.1 Å². The van der Waals surface area contributed by atoms with Crippen molar-refractivity contribution >= 4 is 33.9 Å². The van der Waals surface area contributed by atoms with E-state index in [1.807, 2.05) is 24.3 Å². The van der Waals surface area contributed by atoms with Crippen LogP contribution in [0.15, 0.2) is 52.9 Å². The summed E-state index contributed by atoms with van der Waals surface area (Å²) in [5, 5.41) is 12.2. The fraction of sp³-hybridized carbons (Fsp3) is 0.125. The molecule has 0 aliphatic carbocycles. The third kappa shape index (κ3) is 4.43. The average molecular weight is 347 g/mol. The Morgan fingerprint density at radius 1 is 1.09 bits per heavy atom. The maximum absolute atomic E-state index is 12.9. The molecule has 0 aliphatic rings. The Balaban J connectivity index is 1.57. The predicted octanol–water partition coefficient (Wildman–Crippen LogP) is 4.72. The molecule has 0 bridgehead atoms. The van der Waals surface area contributed by atoms with Gasteiger partial charge in [-0.15, -0.1) is 10.2 Å². The molecule has 0 radical (unpaired) electrons. The van der Waals surface area contributed by atoms with Crippen LogP contribution in [0.1, 0.15) is 5.56 Å². The lowest BCUT2D eigenvalue weighted by Gasteiger charge is -2.03. The van der Waals surface area contributed by atoms with Gasteiger partial charge in [0.25, 0.3) is 0 Å². The van der Waals surface area contributed by atoms with Crippen LogP contribution in [0.5, 0.6) is 5.75 Å². The van der Waals surface area contributed by atoms with Crippen molar-refractivity contribution in [3.8, 4) is 5.75 Å². The Hall–Kier alpha value is -2.12. The summed E-state index contributed by atoms with van der Waals surface area (Å²) in [6.45, 7) is 0. The molecule has 0 unspecified atom stereocenters. The second kappa shape index (κ2) is 7.43. The van der Waals surface area contributed by atoms with Crippen LogP contribution in [0.2, 0.25) is 0 Å². The van der Waals surface area contributed by atoms with Gasteiger partial charge in [0.1, 0.15) is 11.6 Å². The largest absolute Gasteiger partial charge is 0.497 e. The molecule has 1 aromatic heterocycles. The molecule has 0 fully saturated rings. The van der Waals surface area contributed by atoms with Crippen molar-refractivity contribution in [1.82, 2.24) is 10.2 Å². The van der Waals surface area contributed by atoms with Crippen LogP contribution in [-0.4, -0.2) is 17.3 Å². The maximum Gasteiger partial charge on any atom is 0.210 e. The van der Waals surface area contributed by atoms with E-state index in [4.69, 9.17) is 4.74 Å². The van der Waals surface area contributed by atoms with Gasteiger partial charge >= 0.3 is 0 Å². The number of nitrogens with one attached hydrogen (secondary N) is 1. The molecule has 0 saturated heterocycles. The molecule has 23 heavy (non-hydrogen) atoms. The van der Waals surface area contributed by atoms with Gasteiger partial charge in [-0.2, -0.15) is 0 Å². The zero-order valence-electron chi connectivity index (χ0n) is 12.3. The van der Waals surface area contributed by atoms with Crippen molar-refractivity contribution < 1.29 is 9.13 Å². The fourth-order valence-electron chi connectivity index (χ4n) is 1.84. The van der Waals surface area contributed by atoms with E-state index in [2.05, 4.69) is 15.5 Å². The van der Waals surface area contributed by atoms with Crippen LogP contribution in [0.4, 0.5) is 15.2 Å². The van der Waals surface area contributed by atoms with Gasteiger partial charge in [0, 0.05) is 11.4 Å². The monoisotopic (exact) mass is 347 g/mol. The Labute approximate surface area is 141 Å². The van der Waals surface area contributed by atoms with Crippen LogP contribution in [0.25, 0.3) is 0 Å². The molecular formula is C16H14FN3OS2. The van der Waals surface area contributed by atoms with Crippen LogP contribution >= 0.6 is 23.1 Å². The molecule has 0 aliphatic heterocycles. The van der Waals surface area contributed by atoms with Crippen molar-refractivity contribution in [2.45, 2.75) is 10.1 Å². The summed E-state index contributed by atoms with van der Waals surface area (Å²) in [7, 11) is 1.64. The van der Waals surface area contributed by atoms with Gasteiger partial charge in [0.05, 0.1) is 7.11 Å². The van der Waals surface area contributed by atoms with Gasteiger partial charge in [-0.3, -0.25) is 0 Å². The Kier molecular flexibility index (Phi) is 5.09. The minimum atomic E-state index is -0.222. The molecule has 0 saturated carbocycles. The van der Waals surface area contributed by atoms with Gasteiger partial charge in [0.15, 0.2) is 4.34 Å². The van der Waals surface area contributed by atoms with E-state index in [1.54, 1.807) is 31.0 Å². The van der Waals surface area contributed by atoms with Gasteiger partial charge in [0.2, 0.25) is 5.13 Å². The predicted molar refractivity (Wildman–Crippen MR) is 92.1 cm³/mol. The maximum atomic E-state index is 12.9. The molecule has 0 atom stereocenters. The highest BCUT2D eigenvalue weighted by Crippen LogP contribution is 2.30. The number of hydrogen-bond acceptors (Lipinski definition) is 6. The normalized spacial score (nSPS) is 10.5. The van der Waals surface area contributed by atoms with E-state index in [1.165, 1.54) is 23.5 Å². The number of methoxy groups -OCH3 is 1. The number of ether oxygens (including phenoxy) is 1. The Morgan fingerprint density at radius 3 is 2.52 bits per heavy atom. The molecular weight excluding hydrogens is 333 g/mol. The highest BCUT2D eigenvalue weighted by Gasteiger charge is 2.06. The highest BCUT2D eigenvalue weighted by molar-refractivity contribution is 8.00. The van der Waals surface area contributed by atoms with Crippen LogP contribution in [0.3, 0.4) is 0 Å². The van der Waals surface area contributed by atoms with Crippen LogP contribution in [0, 0.1) is 5.82 Å². The highest BCUT2D eigenvalue weighted by atomic mass is 32.2. The number of nitrogens with zero attached hydrogens (tertiary/aromatic N) is 2. The van der Waals surface area contributed by atoms with Crippen LogP contribution < -0.4 is 10.1 Å². The molecule has 2 aromatic carbocycles. The summed E-state index contributed by atoms with van der Waals surface area (Å²) in [5.74, 6) is 1.32. The zero-order chi connectivity index (χ0) is 16.1. The molecule has 7 heteroatoms. The summed E-state index contributed by atoms with van der Waals surface area (Å²) in [6, 6.07) is 14.1. The minimum absolute atomic E-state index is 0.222. The Bertz CT molecular complexity index is 760. The first-order valence-electron chi connectivity index (χ1n) is 6.85. The molecule has 1 heterocycles. The Morgan fingerprint density at radius 2 is 1.83 bits per heavy atom. The summed E-state index contributed by atoms with van der Waals surface area (Å²) in [6.07, 6.45) is 0. The molecule has 3 rings (SSSR count). The van der Waals surface area contributed by atoms with E-state index in [9.17, 15) is 4.39 Å². The van der Waals surface area contributed by atoms with Gasteiger partial charge in [-0.25, -0.2) is 4.39 Å². The molecule has 3 aromatic rings. The van der Waals surface area contributed by atoms with E-state index in [0.29, 0.717) is 0 Å². The quantitative estimate of drug-likeness (QED) is 0.654. The number of benzene rings is 2. The number of hydrogen-bond donors (Lipinski definition) is 1. The van der Waals surface area contributed by atoms with E-state index < -0.39 is 0 Å². The number of anilines is 2. The number of aromatic nitrogens is 2. The first kappa shape index (κ1) is 15.8. The summed E-state index contributed by atoms with van der Waals surface area (Å²) in [5.41, 5.74) is 1.98. The fourth-order valence-corrected chi connectivity index (χ4v) is 3.57. The van der Waals surface area contributed by atoms with Crippen LogP contribution in [-0.2, 0) is 5.75 Å². The minimum Gasteiger partial charge on any atom is -0.497 e. The first-order chi connectivity index (χ1) is 11.2.